The Kier molecular flexibility index (Phi) is 8.65. The maximum atomic E-state index is 13.0. The van der Waals surface area contributed by atoms with Gasteiger partial charge in [0.2, 0.25) is 0 Å². The third-order valence-corrected chi connectivity index (χ3v) is 11.3. The van der Waals surface area contributed by atoms with E-state index in [0.717, 1.165) is 52.5 Å². The van der Waals surface area contributed by atoms with Crippen molar-refractivity contribution in [3.05, 3.63) is 80.9 Å². The van der Waals surface area contributed by atoms with E-state index in [1.807, 2.05) is 33.9 Å². The van der Waals surface area contributed by atoms with Gasteiger partial charge in [-0.15, -0.1) is 15.9 Å². The molecule has 0 amide bonds. The van der Waals surface area contributed by atoms with Crippen LogP contribution in [0, 0.1) is 6.92 Å². The predicted octanol–water partition coefficient (Wildman–Crippen LogP) is 7.20. The lowest BCUT2D eigenvalue weighted by atomic mass is 9.83. The van der Waals surface area contributed by atoms with Gasteiger partial charge in [-0.05, 0) is 91.1 Å². The molecule has 1 unspecified atom stereocenters. The number of fused-ring (bicyclic) bond motifs is 3. The minimum Gasteiger partial charge on any atom is -0.487 e. The number of halogens is 1. The molecule has 1 aromatic heterocycles. The van der Waals surface area contributed by atoms with Crippen molar-refractivity contribution in [3.8, 4) is 5.75 Å². The first-order valence-corrected chi connectivity index (χ1v) is 17.1. The Morgan fingerprint density at radius 1 is 1.20 bits per heavy atom. The summed E-state index contributed by atoms with van der Waals surface area (Å²) in [5, 5.41) is 8.88. The molecule has 0 radical (unpaired) electrons. The molecule has 1 aliphatic carbocycles. The molecular formula is C33H39ClN4O5S. The topological polar surface area (TPSA) is 110 Å². The molecule has 234 valence electrons. The summed E-state index contributed by atoms with van der Waals surface area (Å²) in [4.78, 5) is 13.2. The molecule has 2 heterocycles. The van der Waals surface area contributed by atoms with Gasteiger partial charge in [-0.25, -0.2) is 4.68 Å². The van der Waals surface area contributed by atoms with Crippen molar-refractivity contribution in [1.29, 1.82) is 0 Å². The molecule has 0 fully saturated rings. The standard InChI is InChI=1S/C33H39ClN4O5S/c1-5-24-19-38(44(40,41)33-28(34)11-8-12-30(33)43-24)18-23-16-22(15-21-9-7-10-26(21)23)27(17-31(39)42-6-2)25-13-14-29-32(20(25)3)35-36-37(29)4/h8,11-16,24,27,40-41H,5-7,9-10,17-19H2,1-4H3/t24-,27?/m1/s1. The molecular weight excluding hydrogens is 600 g/mol. The van der Waals surface area contributed by atoms with Gasteiger partial charge in [-0.3, -0.25) is 13.9 Å². The molecule has 0 spiro atoms. The molecule has 9 nitrogen and oxygen atoms in total. The molecule has 3 aromatic carbocycles. The number of carbonyl (C=O) groups is 1. The number of hydrogen-bond donors (Lipinski definition) is 2. The van der Waals surface area contributed by atoms with E-state index in [2.05, 4.69) is 28.5 Å². The molecule has 6 rings (SSSR count). The van der Waals surface area contributed by atoms with Crippen LogP contribution in [0.3, 0.4) is 0 Å². The molecule has 2 aliphatic rings. The molecule has 0 saturated heterocycles. The number of ether oxygens (including phenoxy) is 2. The molecule has 0 saturated carbocycles. The van der Waals surface area contributed by atoms with Crippen LogP contribution in [0.1, 0.15) is 72.4 Å². The van der Waals surface area contributed by atoms with Crippen LogP contribution in [0.5, 0.6) is 5.75 Å². The Bertz CT molecular complexity index is 1720. The third kappa shape index (κ3) is 5.58. The van der Waals surface area contributed by atoms with Crippen LogP contribution in [0.25, 0.3) is 11.0 Å². The van der Waals surface area contributed by atoms with Crippen LogP contribution >= 0.6 is 22.4 Å². The first-order chi connectivity index (χ1) is 21.1. The highest BCUT2D eigenvalue weighted by molar-refractivity contribution is 8.22. The second kappa shape index (κ2) is 12.3. The maximum Gasteiger partial charge on any atom is 0.306 e. The van der Waals surface area contributed by atoms with Gasteiger partial charge >= 0.3 is 5.97 Å². The van der Waals surface area contributed by atoms with Crippen LogP contribution in [-0.4, -0.2) is 53.6 Å². The summed E-state index contributed by atoms with van der Waals surface area (Å²) in [5.74, 6) is -0.138. The van der Waals surface area contributed by atoms with Crippen LogP contribution in [-0.2, 0) is 36.0 Å². The summed E-state index contributed by atoms with van der Waals surface area (Å²) in [7, 11) is -1.60. The average Bonchev–Trinajstić information content (AvgIpc) is 3.60. The number of hydrogen-bond acceptors (Lipinski definition) is 8. The van der Waals surface area contributed by atoms with E-state index >= 15 is 0 Å². The quantitative estimate of drug-likeness (QED) is 0.195. The van der Waals surface area contributed by atoms with E-state index in [1.54, 1.807) is 27.2 Å². The molecule has 2 N–H and O–H groups in total. The minimum absolute atomic E-state index is 0.173. The van der Waals surface area contributed by atoms with E-state index in [9.17, 15) is 13.9 Å². The number of aryl methyl sites for hydroxylation is 3. The summed E-state index contributed by atoms with van der Waals surface area (Å²) in [6, 6.07) is 13.6. The fraction of sp³-hybridized carbons (Fsp3) is 0.424. The van der Waals surface area contributed by atoms with Gasteiger partial charge in [0.25, 0.3) is 0 Å². The highest BCUT2D eigenvalue weighted by Crippen LogP contribution is 2.60. The largest absolute Gasteiger partial charge is 0.487 e. The molecule has 11 heteroatoms. The maximum absolute atomic E-state index is 13.0. The summed E-state index contributed by atoms with van der Waals surface area (Å²) < 4.78 is 38.7. The van der Waals surface area contributed by atoms with Crippen molar-refractivity contribution >= 4 is 39.4 Å². The molecule has 44 heavy (non-hydrogen) atoms. The zero-order valence-electron chi connectivity index (χ0n) is 25.5. The van der Waals surface area contributed by atoms with Crippen LogP contribution in [0.2, 0.25) is 5.02 Å². The summed E-state index contributed by atoms with van der Waals surface area (Å²) in [6.45, 7) is 6.81. The van der Waals surface area contributed by atoms with E-state index in [4.69, 9.17) is 21.1 Å². The van der Waals surface area contributed by atoms with Crippen LogP contribution < -0.4 is 4.74 Å². The predicted molar refractivity (Wildman–Crippen MR) is 172 cm³/mol. The Morgan fingerprint density at radius 3 is 2.80 bits per heavy atom. The number of rotatable bonds is 8. The monoisotopic (exact) mass is 638 g/mol. The zero-order valence-corrected chi connectivity index (χ0v) is 27.1. The van der Waals surface area contributed by atoms with E-state index in [1.165, 1.54) is 11.1 Å². The molecule has 4 aromatic rings. The fourth-order valence-electron chi connectivity index (χ4n) is 6.67. The van der Waals surface area contributed by atoms with Gasteiger partial charge in [-0.1, -0.05) is 48.0 Å². The number of carbonyl (C=O) groups excluding carboxylic acids is 1. The Hall–Kier alpha value is -3.15. The Balaban J connectivity index is 1.46. The second-order valence-electron chi connectivity index (χ2n) is 11.7. The minimum atomic E-state index is -3.46. The van der Waals surface area contributed by atoms with Gasteiger partial charge in [0.1, 0.15) is 22.3 Å². The first-order valence-electron chi connectivity index (χ1n) is 15.2. The zero-order chi connectivity index (χ0) is 31.2. The van der Waals surface area contributed by atoms with Crippen molar-refractivity contribution in [3.63, 3.8) is 0 Å². The van der Waals surface area contributed by atoms with Crippen molar-refractivity contribution in [2.45, 2.75) is 76.3 Å². The highest BCUT2D eigenvalue weighted by Gasteiger charge is 2.37. The average molecular weight is 639 g/mol. The molecule has 1 aliphatic heterocycles. The van der Waals surface area contributed by atoms with Gasteiger partial charge in [0, 0.05) is 19.5 Å². The first kappa shape index (κ1) is 30.9. The van der Waals surface area contributed by atoms with Crippen LogP contribution in [0.4, 0.5) is 0 Å². The van der Waals surface area contributed by atoms with Gasteiger partial charge < -0.3 is 9.47 Å². The Morgan fingerprint density at radius 2 is 2.02 bits per heavy atom. The van der Waals surface area contributed by atoms with Crippen molar-refractivity contribution in [2.24, 2.45) is 7.05 Å². The lowest BCUT2D eigenvalue weighted by molar-refractivity contribution is -0.143. The SMILES string of the molecule is CCOC(=O)CC(c1cc2c(c(CN3C[C@@H](CC)Oc4cccc(Cl)c4S3(O)O)c1)CCC2)c1ccc2c(nnn2C)c1C. The van der Waals surface area contributed by atoms with Gasteiger partial charge in [-0.2, -0.15) is 4.31 Å². The van der Waals surface area contributed by atoms with Crippen LogP contribution in [0.15, 0.2) is 47.4 Å². The van der Waals surface area contributed by atoms with Crippen molar-refractivity contribution in [1.82, 2.24) is 19.3 Å². The summed E-state index contributed by atoms with van der Waals surface area (Å²) in [5.41, 5.74) is 8.18. The van der Waals surface area contributed by atoms with Crippen molar-refractivity contribution in [2.75, 3.05) is 13.2 Å². The van der Waals surface area contributed by atoms with E-state index in [-0.39, 0.29) is 34.3 Å². The number of nitrogens with zero attached hydrogens (tertiary/aromatic N) is 4. The van der Waals surface area contributed by atoms with E-state index < -0.39 is 10.8 Å². The highest BCUT2D eigenvalue weighted by atomic mass is 35.5. The normalized spacial score (nSPS) is 19.1. The lowest BCUT2D eigenvalue weighted by Crippen LogP contribution is -2.34. The second-order valence-corrected chi connectivity index (χ2v) is 14.0. The Labute approximate surface area is 264 Å². The number of benzene rings is 3. The number of aromatic nitrogens is 3. The van der Waals surface area contributed by atoms with Gasteiger partial charge in [0.15, 0.2) is 0 Å². The van der Waals surface area contributed by atoms with E-state index in [0.29, 0.717) is 31.9 Å². The fourth-order valence-corrected chi connectivity index (χ4v) is 8.81. The van der Waals surface area contributed by atoms with Gasteiger partial charge in [0.05, 0.1) is 30.1 Å². The third-order valence-electron chi connectivity index (χ3n) is 8.93. The number of esters is 1. The summed E-state index contributed by atoms with van der Waals surface area (Å²) >= 11 is 6.56. The molecule has 2 atom stereocenters. The summed E-state index contributed by atoms with van der Waals surface area (Å²) in [6.07, 6.45) is 3.49. The smallest absolute Gasteiger partial charge is 0.306 e. The lowest BCUT2D eigenvalue weighted by Gasteiger charge is -2.42. The molecule has 0 bridgehead atoms. The van der Waals surface area contributed by atoms with Crippen molar-refractivity contribution < 1.29 is 23.4 Å².